The lowest BCUT2D eigenvalue weighted by Crippen LogP contribution is -2.49. The molecule has 2 aliphatic rings. The molecular weight excluding hydrogens is 333 g/mol. The number of fused-ring (bicyclic) bond motifs is 1. The highest BCUT2D eigenvalue weighted by atomic mass is 32.2. The Kier molecular flexibility index (Phi) is 4.92. The third-order valence-corrected chi connectivity index (χ3v) is 7.11. The van der Waals surface area contributed by atoms with Crippen molar-refractivity contribution < 1.29 is 22.3 Å². The molecule has 1 aliphatic heterocycles. The minimum atomic E-state index is -3.95. The van der Waals surface area contributed by atoms with Gasteiger partial charge in [-0.25, -0.2) is 17.6 Å². The second kappa shape index (κ2) is 6.80. The summed E-state index contributed by atoms with van der Waals surface area (Å²) in [5.41, 5.74) is -0.502. The number of nitrogens with zero attached hydrogens (tertiary/aromatic N) is 1. The van der Waals surface area contributed by atoms with Crippen molar-refractivity contribution in [2.24, 2.45) is 5.92 Å². The lowest BCUT2D eigenvalue weighted by atomic mass is 9.79. The molecule has 1 aromatic carbocycles. The summed E-state index contributed by atoms with van der Waals surface area (Å²) in [6.45, 7) is 0.417. The molecule has 5 nitrogen and oxygen atoms in total. The molecule has 132 valence electrons. The highest BCUT2D eigenvalue weighted by Gasteiger charge is 2.41. The number of piperidine rings is 1. The van der Waals surface area contributed by atoms with Crippen LogP contribution in [0.5, 0.6) is 0 Å². The topological polar surface area (TPSA) is 63.7 Å². The van der Waals surface area contributed by atoms with Crippen LogP contribution in [0.3, 0.4) is 0 Å². The number of sulfonamides is 1. The first kappa shape index (κ1) is 17.4. The molecular formula is C17H22FNO4S. The van der Waals surface area contributed by atoms with Gasteiger partial charge in [-0.05, 0) is 43.7 Å². The number of esters is 1. The Labute approximate surface area is 141 Å². The van der Waals surface area contributed by atoms with Crippen LogP contribution >= 0.6 is 0 Å². The summed E-state index contributed by atoms with van der Waals surface area (Å²) in [7, 11) is -2.83. The molecule has 1 saturated heterocycles. The molecule has 7 heteroatoms. The summed E-state index contributed by atoms with van der Waals surface area (Å²) < 4.78 is 46.6. The van der Waals surface area contributed by atoms with E-state index in [1.807, 2.05) is 0 Å². The van der Waals surface area contributed by atoms with Crippen LogP contribution in [0.25, 0.3) is 0 Å². The fourth-order valence-electron chi connectivity index (χ4n) is 4.02. The monoisotopic (exact) mass is 355 g/mol. The van der Waals surface area contributed by atoms with E-state index in [-0.39, 0.29) is 10.9 Å². The van der Waals surface area contributed by atoms with Crippen molar-refractivity contribution in [1.29, 1.82) is 0 Å². The van der Waals surface area contributed by atoms with Crippen LogP contribution in [-0.4, -0.2) is 38.4 Å². The number of hydrogen-bond acceptors (Lipinski definition) is 4. The zero-order valence-corrected chi connectivity index (χ0v) is 14.5. The van der Waals surface area contributed by atoms with E-state index in [0.717, 1.165) is 51.7 Å². The van der Waals surface area contributed by atoms with Gasteiger partial charge in [-0.2, -0.15) is 4.31 Å². The molecule has 2 atom stereocenters. The minimum absolute atomic E-state index is 0.0498. The van der Waals surface area contributed by atoms with Gasteiger partial charge in [-0.3, -0.25) is 0 Å². The van der Waals surface area contributed by atoms with Crippen molar-refractivity contribution >= 4 is 16.0 Å². The Morgan fingerprint density at radius 3 is 2.67 bits per heavy atom. The van der Waals surface area contributed by atoms with Crippen LogP contribution < -0.4 is 0 Å². The van der Waals surface area contributed by atoms with Crippen LogP contribution in [0, 0.1) is 11.7 Å². The van der Waals surface area contributed by atoms with E-state index in [2.05, 4.69) is 4.74 Å². The molecule has 0 unspecified atom stereocenters. The van der Waals surface area contributed by atoms with Crippen LogP contribution in [-0.2, 0) is 14.8 Å². The first-order valence-corrected chi connectivity index (χ1v) is 9.79. The van der Waals surface area contributed by atoms with E-state index in [9.17, 15) is 17.6 Å². The summed E-state index contributed by atoms with van der Waals surface area (Å²) in [5, 5.41) is 0. The maximum Gasteiger partial charge on any atom is 0.342 e. The Bertz CT molecular complexity index is 732. The number of benzene rings is 1. The van der Waals surface area contributed by atoms with Gasteiger partial charge in [0.15, 0.2) is 0 Å². The number of hydrogen-bond donors (Lipinski definition) is 0. The minimum Gasteiger partial charge on any atom is -0.465 e. The second-order valence-electron chi connectivity index (χ2n) is 6.47. The lowest BCUT2D eigenvalue weighted by Gasteiger charge is -2.43. The predicted octanol–water partition coefficient (Wildman–Crippen LogP) is 2.96. The van der Waals surface area contributed by atoms with Gasteiger partial charge in [0.2, 0.25) is 10.0 Å². The van der Waals surface area contributed by atoms with Gasteiger partial charge in [-0.1, -0.05) is 18.9 Å². The molecule has 1 aliphatic carbocycles. The van der Waals surface area contributed by atoms with E-state index in [1.54, 1.807) is 0 Å². The van der Waals surface area contributed by atoms with Crippen molar-refractivity contribution in [2.75, 3.05) is 13.7 Å². The van der Waals surface area contributed by atoms with Gasteiger partial charge in [-0.15, -0.1) is 0 Å². The van der Waals surface area contributed by atoms with Crippen LogP contribution in [0.2, 0.25) is 0 Å². The first-order chi connectivity index (χ1) is 11.5. The van der Waals surface area contributed by atoms with Gasteiger partial charge in [0.1, 0.15) is 11.4 Å². The Morgan fingerprint density at radius 1 is 1.21 bits per heavy atom. The Morgan fingerprint density at radius 2 is 1.92 bits per heavy atom. The summed E-state index contributed by atoms with van der Waals surface area (Å²) in [5.74, 6) is -1.48. The highest BCUT2D eigenvalue weighted by Crippen LogP contribution is 2.38. The van der Waals surface area contributed by atoms with Crippen LogP contribution in [0.1, 0.15) is 48.9 Å². The third kappa shape index (κ3) is 2.95. The maximum absolute atomic E-state index is 14.1. The van der Waals surface area contributed by atoms with E-state index in [0.29, 0.717) is 12.5 Å². The van der Waals surface area contributed by atoms with Crippen molar-refractivity contribution in [2.45, 2.75) is 49.5 Å². The van der Waals surface area contributed by atoms with Crippen molar-refractivity contribution in [3.63, 3.8) is 0 Å². The van der Waals surface area contributed by atoms with E-state index >= 15 is 0 Å². The average Bonchev–Trinajstić information content (AvgIpc) is 2.60. The molecule has 0 bridgehead atoms. The van der Waals surface area contributed by atoms with Crippen molar-refractivity contribution in [1.82, 2.24) is 4.31 Å². The summed E-state index contributed by atoms with van der Waals surface area (Å²) >= 11 is 0. The maximum atomic E-state index is 14.1. The standard InChI is InChI=1S/C17H22FNO4S/c1-23-17(20)16-13(18)8-4-10-15(16)24(21,22)19-11-5-7-12-6-2-3-9-14(12)19/h4,8,10,12,14H,2-3,5-7,9,11H2,1H3/t12-,14-/m0/s1. The largest absolute Gasteiger partial charge is 0.465 e. The Hall–Kier alpha value is -1.47. The van der Waals surface area contributed by atoms with Crippen molar-refractivity contribution in [3.05, 3.63) is 29.6 Å². The van der Waals surface area contributed by atoms with Gasteiger partial charge >= 0.3 is 5.97 Å². The van der Waals surface area contributed by atoms with Gasteiger partial charge < -0.3 is 4.74 Å². The fraction of sp³-hybridized carbons (Fsp3) is 0.588. The zero-order chi connectivity index (χ0) is 17.3. The number of carbonyl (C=O) groups excluding carboxylic acids is 1. The zero-order valence-electron chi connectivity index (χ0n) is 13.7. The normalized spacial score (nSPS) is 25.1. The number of halogens is 1. The highest BCUT2D eigenvalue weighted by molar-refractivity contribution is 7.89. The summed E-state index contributed by atoms with van der Waals surface area (Å²) in [6, 6.07) is 3.63. The van der Waals surface area contributed by atoms with Gasteiger partial charge in [0.05, 0.1) is 12.0 Å². The molecule has 2 fully saturated rings. The van der Waals surface area contributed by atoms with E-state index < -0.39 is 27.4 Å². The van der Waals surface area contributed by atoms with Crippen LogP contribution in [0.15, 0.2) is 23.1 Å². The van der Waals surface area contributed by atoms with E-state index in [1.165, 1.54) is 16.4 Å². The SMILES string of the molecule is COC(=O)c1c(F)cccc1S(=O)(=O)N1CCC[C@@H]2CCCC[C@@H]21. The molecule has 0 N–H and O–H groups in total. The molecule has 24 heavy (non-hydrogen) atoms. The average molecular weight is 355 g/mol. The third-order valence-electron chi connectivity index (χ3n) is 5.14. The molecule has 1 aromatic rings. The second-order valence-corrected chi connectivity index (χ2v) is 8.33. The number of carbonyl (C=O) groups is 1. The smallest absolute Gasteiger partial charge is 0.342 e. The predicted molar refractivity (Wildman–Crippen MR) is 86.6 cm³/mol. The summed E-state index contributed by atoms with van der Waals surface area (Å²) in [6.07, 6.45) is 5.81. The Balaban J connectivity index is 2.05. The van der Waals surface area contributed by atoms with Crippen molar-refractivity contribution in [3.8, 4) is 0 Å². The summed E-state index contributed by atoms with van der Waals surface area (Å²) in [4.78, 5) is 11.6. The quantitative estimate of drug-likeness (QED) is 0.782. The number of rotatable bonds is 3. The van der Waals surface area contributed by atoms with Gasteiger partial charge in [0, 0.05) is 12.6 Å². The molecule has 0 amide bonds. The number of methoxy groups -OCH3 is 1. The molecule has 0 radical (unpaired) electrons. The number of ether oxygens (including phenoxy) is 1. The lowest BCUT2D eigenvalue weighted by molar-refractivity contribution is 0.0590. The van der Waals surface area contributed by atoms with Gasteiger partial charge in [0.25, 0.3) is 0 Å². The van der Waals surface area contributed by atoms with Crippen LogP contribution in [0.4, 0.5) is 4.39 Å². The molecule has 1 heterocycles. The molecule has 1 saturated carbocycles. The van der Waals surface area contributed by atoms with E-state index in [4.69, 9.17) is 0 Å². The first-order valence-electron chi connectivity index (χ1n) is 8.35. The molecule has 0 spiro atoms. The molecule has 0 aromatic heterocycles. The fourth-order valence-corrected chi connectivity index (χ4v) is 5.97. The molecule has 3 rings (SSSR count).